The van der Waals surface area contributed by atoms with Gasteiger partial charge in [-0.2, -0.15) is 0 Å². The molecule has 4 N–H and O–H groups in total. The number of nitrogens with two attached hydrogens (primary N) is 1. The van der Waals surface area contributed by atoms with Crippen molar-refractivity contribution in [1.29, 1.82) is 0 Å². The largest absolute Gasteiger partial charge is 0.412 e. The molecule has 0 radical (unpaired) electrons. The van der Waals surface area contributed by atoms with Crippen molar-refractivity contribution in [2.45, 2.75) is 54.4 Å². The summed E-state index contributed by atoms with van der Waals surface area (Å²) in [6, 6.07) is 0. The zero-order valence-corrected chi connectivity index (χ0v) is 22.9. The molecule has 196 valence electrons. The monoisotopic (exact) mass is 464 g/mol. The molecule has 0 fully saturated rings. The highest BCUT2D eigenvalue weighted by atomic mass is 16.5. The van der Waals surface area contributed by atoms with Crippen LogP contribution >= 0.6 is 0 Å². The molecule has 0 spiro atoms. The van der Waals surface area contributed by atoms with Crippen LogP contribution in [0.4, 0.5) is 0 Å². The van der Waals surface area contributed by atoms with Crippen LogP contribution in [0.1, 0.15) is 54.4 Å². The van der Waals surface area contributed by atoms with Crippen LogP contribution in [-0.2, 0) is 14.3 Å². The van der Waals surface area contributed by atoms with E-state index in [4.69, 9.17) is 15.2 Å². The van der Waals surface area contributed by atoms with Crippen LogP contribution in [0.25, 0.3) is 0 Å². The summed E-state index contributed by atoms with van der Waals surface area (Å²) in [4.78, 5) is 18.9. The second-order valence-corrected chi connectivity index (χ2v) is 9.13. The van der Waals surface area contributed by atoms with Crippen LogP contribution in [0, 0.1) is 11.8 Å². The average Bonchev–Trinajstić information content (AvgIpc) is 2.60. The number of aliphatic imine (C=N–C) groups is 1. The second-order valence-electron chi connectivity index (χ2n) is 9.13. The van der Waals surface area contributed by atoms with Crippen molar-refractivity contribution in [3.63, 3.8) is 0 Å². The first kappa shape index (κ1) is 38.4. The Bertz CT molecular complexity index is 415. The maximum Gasteiger partial charge on any atom is 0.130 e. The smallest absolute Gasteiger partial charge is 0.130 e. The Kier molecular flexibility index (Phi) is 33.7. The quantitative estimate of drug-likeness (QED) is 0.294. The molecular formula is C24H56N4O4. The van der Waals surface area contributed by atoms with Gasteiger partial charge in [0.05, 0.1) is 33.0 Å². The summed E-state index contributed by atoms with van der Waals surface area (Å²) in [6.07, 6.45) is 1.82. The average molecular weight is 465 g/mol. The minimum atomic E-state index is 0. The van der Waals surface area contributed by atoms with Gasteiger partial charge in [0.1, 0.15) is 5.78 Å². The predicted molar refractivity (Wildman–Crippen MR) is 139 cm³/mol. The van der Waals surface area contributed by atoms with Gasteiger partial charge >= 0.3 is 0 Å². The minimum Gasteiger partial charge on any atom is -0.412 e. The lowest BCUT2D eigenvalue weighted by molar-refractivity contribution is -0.117. The van der Waals surface area contributed by atoms with Crippen LogP contribution < -0.4 is 5.73 Å². The molecule has 8 nitrogen and oxygen atoms in total. The molecule has 0 saturated heterocycles. The van der Waals surface area contributed by atoms with Crippen molar-refractivity contribution in [2.24, 2.45) is 22.6 Å². The van der Waals surface area contributed by atoms with E-state index in [1.165, 1.54) is 5.71 Å². The lowest BCUT2D eigenvalue weighted by atomic mass is 10.1. The van der Waals surface area contributed by atoms with Gasteiger partial charge in [-0.15, -0.1) is 0 Å². The highest BCUT2D eigenvalue weighted by molar-refractivity contribution is 5.82. The molecule has 32 heavy (non-hydrogen) atoms. The van der Waals surface area contributed by atoms with Crippen LogP contribution in [-0.4, -0.2) is 108 Å². The van der Waals surface area contributed by atoms with Gasteiger partial charge in [-0.1, -0.05) is 27.7 Å². The highest BCUT2D eigenvalue weighted by Crippen LogP contribution is 2.01. The topological polar surface area (TPSA) is 112 Å². The van der Waals surface area contributed by atoms with Gasteiger partial charge in [0.2, 0.25) is 0 Å². The number of likely N-dealkylation sites (N-methyl/N-ethyl adjacent to an activating group) is 2. The van der Waals surface area contributed by atoms with Crippen molar-refractivity contribution in [1.82, 2.24) is 9.80 Å². The molecule has 0 aromatic carbocycles. The van der Waals surface area contributed by atoms with Gasteiger partial charge in [0.25, 0.3) is 0 Å². The molecule has 0 aliphatic rings. The SMILES string of the molecule is CC(=O)CC(C)C.CC(CC(C)C)=NCCOCCN(C)C.CN(C)CCOCCN.O. The molecule has 0 atom stereocenters. The number of rotatable bonds is 15. The number of Topliss-reactive ketones (excluding diaryl/α,β-unsaturated/α-hetero) is 1. The molecule has 0 aliphatic heterocycles. The zero-order valence-electron chi connectivity index (χ0n) is 22.9. The Balaban J connectivity index is -0.000000198. The Morgan fingerprint density at radius 1 is 0.812 bits per heavy atom. The minimum absolute atomic E-state index is 0. The Morgan fingerprint density at radius 2 is 1.25 bits per heavy atom. The Hall–Kier alpha value is -0.900. The lowest BCUT2D eigenvalue weighted by Gasteiger charge is -2.09. The fourth-order valence-corrected chi connectivity index (χ4v) is 2.31. The number of hydrogen-bond acceptors (Lipinski definition) is 7. The molecule has 0 rings (SSSR count). The van der Waals surface area contributed by atoms with Crippen LogP contribution in [0.5, 0.6) is 0 Å². The molecule has 8 heteroatoms. The second kappa shape index (κ2) is 28.1. The van der Waals surface area contributed by atoms with E-state index in [1.807, 2.05) is 42.0 Å². The zero-order chi connectivity index (χ0) is 24.7. The van der Waals surface area contributed by atoms with E-state index < -0.39 is 0 Å². The van der Waals surface area contributed by atoms with Gasteiger partial charge in [-0.05, 0) is 60.3 Å². The number of ether oxygens (including phenoxy) is 2. The molecule has 0 saturated carbocycles. The van der Waals surface area contributed by atoms with Crippen LogP contribution in [0.15, 0.2) is 4.99 Å². The van der Waals surface area contributed by atoms with Gasteiger partial charge in [-0.25, -0.2) is 0 Å². The Morgan fingerprint density at radius 3 is 1.56 bits per heavy atom. The fourth-order valence-electron chi connectivity index (χ4n) is 2.31. The van der Waals surface area contributed by atoms with Gasteiger partial charge in [-0.3, -0.25) is 4.99 Å². The standard InChI is InChI=1S/C12H26N2O.C6H16N2O.C6H12O.H2O/c1-11(2)10-12(3)13-6-8-15-9-7-14(4)5;1-8(2)4-6-9-5-3-7;1-5(2)4-6(3)7;/h11H,6-10H2,1-5H3;3-7H2,1-2H3;5H,4H2,1-3H3;1H2. The molecule has 0 aliphatic carbocycles. The molecular weight excluding hydrogens is 408 g/mol. The van der Waals surface area contributed by atoms with Crippen molar-refractivity contribution < 1.29 is 19.7 Å². The normalized spacial score (nSPS) is 11.2. The van der Waals surface area contributed by atoms with E-state index in [9.17, 15) is 4.79 Å². The summed E-state index contributed by atoms with van der Waals surface area (Å²) < 4.78 is 10.6. The maximum atomic E-state index is 10.3. The number of carbonyl (C=O) groups excluding carboxylic acids is 1. The summed E-state index contributed by atoms with van der Waals surface area (Å²) in [5, 5.41) is 0. The van der Waals surface area contributed by atoms with Crippen molar-refractivity contribution in [3.05, 3.63) is 0 Å². The summed E-state index contributed by atoms with van der Waals surface area (Å²) >= 11 is 0. The third-order valence-corrected chi connectivity index (χ3v) is 3.64. The summed E-state index contributed by atoms with van der Waals surface area (Å²) in [5.74, 6) is 1.51. The molecule has 0 aromatic rings. The maximum absolute atomic E-state index is 10.3. The number of hydrogen-bond donors (Lipinski definition) is 1. The van der Waals surface area contributed by atoms with Crippen molar-refractivity contribution in [2.75, 3.05) is 80.8 Å². The van der Waals surface area contributed by atoms with Gasteiger partial charge in [0.15, 0.2) is 0 Å². The molecule has 0 bridgehead atoms. The number of nitrogens with zero attached hydrogens (tertiary/aromatic N) is 3. The summed E-state index contributed by atoms with van der Waals surface area (Å²) in [5.41, 5.74) is 6.44. The summed E-state index contributed by atoms with van der Waals surface area (Å²) in [6.45, 7) is 18.6. The third-order valence-electron chi connectivity index (χ3n) is 3.64. The first-order valence-electron chi connectivity index (χ1n) is 11.6. The van der Waals surface area contributed by atoms with Gasteiger partial charge in [0, 0.05) is 31.8 Å². The summed E-state index contributed by atoms with van der Waals surface area (Å²) in [7, 11) is 8.14. The van der Waals surface area contributed by atoms with E-state index >= 15 is 0 Å². The first-order valence-corrected chi connectivity index (χ1v) is 11.6. The van der Waals surface area contributed by atoms with Crippen molar-refractivity contribution in [3.8, 4) is 0 Å². The van der Waals surface area contributed by atoms with E-state index in [1.54, 1.807) is 6.92 Å². The van der Waals surface area contributed by atoms with E-state index in [0.29, 0.717) is 25.0 Å². The number of carbonyl (C=O) groups is 1. The molecule has 0 unspecified atom stereocenters. The molecule has 0 amide bonds. The van der Waals surface area contributed by atoms with Crippen molar-refractivity contribution >= 4 is 11.5 Å². The van der Waals surface area contributed by atoms with E-state index in [2.05, 4.69) is 35.6 Å². The molecule has 0 heterocycles. The number of ketones is 1. The predicted octanol–water partition coefficient (Wildman–Crippen LogP) is 2.39. The third kappa shape index (κ3) is 47.0. The van der Waals surface area contributed by atoms with Crippen LogP contribution in [0.3, 0.4) is 0 Å². The first-order chi connectivity index (χ1) is 14.4. The molecule has 0 aromatic heterocycles. The highest BCUT2D eigenvalue weighted by Gasteiger charge is 1.97. The Labute approximate surface area is 199 Å². The fraction of sp³-hybridized carbons (Fsp3) is 0.917. The lowest BCUT2D eigenvalue weighted by Crippen LogP contribution is -2.19. The van der Waals surface area contributed by atoms with Crippen LogP contribution in [0.2, 0.25) is 0 Å². The van der Waals surface area contributed by atoms with E-state index in [0.717, 1.165) is 52.3 Å². The van der Waals surface area contributed by atoms with Gasteiger partial charge < -0.3 is 35.3 Å². The van der Waals surface area contributed by atoms with E-state index in [-0.39, 0.29) is 11.3 Å².